The molecule has 4 rings (SSSR count). The van der Waals surface area contributed by atoms with Gasteiger partial charge in [-0.1, -0.05) is 30.3 Å². The minimum absolute atomic E-state index is 0.0518. The van der Waals surface area contributed by atoms with E-state index in [1.165, 1.54) is 7.05 Å². The van der Waals surface area contributed by atoms with E-state index < -0.39 is 18.0 Å². The second-order valence-corrected chi connectivity index (χ2v) is 7.60. The molecule has 0 aliphatic heterocycles. The van der Waals surface area contributed by atoms with Gasteiger partial charge in [-0.2, -0.15) is 5.10 Å². The number of amides is 1. The van der Waals surface area contributed by atoms with Crippen LogP contribution >= 0.6 is 0 Å². The van der Waals surface area contributed by atoms with E-state index in [1.807, 2.05) is 49.4 Å². The number of aliphatic hydroxyl groups is 1. The van der Waals surface area contributed by atoms with Gasteiger partial charge >= 0.3 is 0 Å². The number of hydrogen-bond acceptors (Lipinski definition) is 4. The number of nitrogens with zero attached hydrogens (tertiary/aromatic N) is 3. The average Bonchev–Trinajstić information content (AvgIpc) is 3.16. The SMILES string of the molecule is Cc1cc(CO)c2cccc(Cc3cccc(NC(=O)c4cc(C(F)F)nn4C)c3)c2n1. The lowest BCUT2D eigenvalue weighted by molar-refractivity contribution is 0.101. The molecule has 0 aliphatic carbocycles. The lowest BCUT2D eigenvalue weighted by atomic mass is 9.99. The van der Waals surface area contributed by atoms with E-state index >= 15 is 0 Å². The molecule has 2 aromatic heterocycles. The number of hydrogen-bond donors (Lipinski definition) is 2. The molecule has 6 nitrogen and oxygen atoms in total. The molecule has 4 aromatic rings. The van der Waals surface area contributed by atoms with Crippen LogP contribution in [0.1, 0.15) is 45.0 Å². The van der Waals surface area contributed by atoms with Gasteiger partial charge in [0.1, 0.15) is 11.4 Å². The minimum Gasteiger partial charge on any atom is -0.392 e. The highest BCUT2D eigenvalue weighted by molar-refractivity contribution is 6.03. The highest BCUT2D eigenvalue weighted by Crippen LogP contribution is 2.25. The summed E-state index contributed by atoms with van der Waals surface area (Å²) >= 11 is 0. The molecular formula is C24H22F2N4O2. The van der Waals surface area contributed by atoms with Crippen LogP contribution in [0.5, 0.6) is 0 Å². The van der Waals surface area contributed by atoms with E-state index in [4.69, 9.17) is 0 Å². The summed E-state index contributed by atoms with van der Waals surface area (Å²) in [4.78, 5) is 17.2. The summed E-state index contributed by atoms with van der Waals surface area (Å²) in [5, 5.41) is 17.0. The van der Waals surface area contributed by atoms with Crippen molar-refractivity contribution in [3.05, 3.63) is 88.4 Å². The van der Waals surface area contributed by atoms with Crippen molar-refractivity contribution in [2.24, 2.45) is 7.05 Å². The molecule has 0 unspecified atom stereocenters. The van der Waals surface area contributed by atoms with Crippen LogP contribution in [-0.4, -0.2) is 25.8 Å². The summed E-state index contributed by atoms with van der Waals surface area (Å²) < 4.78 is 26.9. The first-order chi connectivity index (χ1) is 15.4. The van der Waals surface area contributed by atoms with Crippen LogP contribution in [0.3, 0.4) is 0 Å². The Hall–Kier alpha value is -3.65. The first-order valence-electron chi connectivity index (χ1n) is 10.1. The third-order valence-electron chi connectivity index (χ3n) is 5.24. The van der Waals surface area contributed by atoms with Crippen LogP contribution < -0.4 is 5.32 Å². The second-order valence-electron chi connectivity index (χ2n) is 7.60. The highest BCUT2D eigenvalue weighted by atomic mass is 19.3. The maximum Gasteiger partial charge on any atom is 0.282 e. The van der Waals surface area contributed by atoms with E-state index in [9.17, 15) is 18.7 Å². The van der Waals surface area contributed by atoms with Gasteiger partial charge in [-0.05, 0) is 54.3 Å². The molecule has 0 aliphatic rings. The Kier molecular flexibility index (Phi) is 5.96. The third-order valence-corrected chi connectivity index (χ3v) is 5.24. The fourth-order valence-corrected chi connectivity index (χ4v) is 3.78. The number of benzene rings is 2. The van der Waals surface area contributed by atoms with Crippen LogP contribution in [0, 0.1) is 6.92 Å². The molecular weight excluding hydrogens is 414 g/mol. The molecule has 164 valence electrons. The number of aromatic nitrogens is 3. The molecule has 8 heteroatoms. The zero-order valence-electron chi connectivity index (χ0n) is 17.6. The van der Waals surface area contributed by atoms with Crippen molar-refractivity contribution >= 4 is 22.5 Å². The van der Waals surface area contributed by atoms with Crippen molar-refractivity contribution in [3.63, 3.8) is 0 Å². The molecule has 0 saturated carbocycles. The molecule has 1 amide bonds. The van der Waals surface area contributed by atoms with Crippen molar-refractivity contribution in [2.45, 2.75) is 26.4 Å². The smallest absolute Gasteiger partial charge is 0.282 e. The summed E-state index contributed by atoms with van der Waals surface area (Å²) in [7, 11) is 1.45. The zero-order chi connectivity index (χ0) is 22.8. The van der Waals surface area contributed by atoms with E-state index in [-0.39, 0.29) is 12.3 Å². The van der Waals surface area contributed by atoms with E-state index in [0.717, 1.165) is 44.0 Å². The van der Waals surface area contributed by atoms with Gasteiger partial charge < -0.3 is 10.4 Å². The Labute approximate surface area is 183 Å². The summed E-state index contributed by atoms with van der Waals surface area (Å²) in [6.45, 7) is 1.83. The number of aliphatic hydroxyl groups excluding tert-OH is 1. The largest absolute Gasteiger partial charge is 0.392 e. The molecule has 2 N–H and O–H groups in total. The second kappa shape index (κ2) is 8.84. The Balaban J connectivity index is 1.59. The number of alkyl halides is 2. The van der Waals surface area contributed by atoms with E-state index in [2.05, 4.69) is 15.4 Å². The number of fused-ring (bicyclic) bond motifs is 1. The lowest BCUT2D eigenvalue weighted by Crippen LogP contribution is -2.16. The van der Waals surface area contributed by atoms with Crippen LogP contribution in [0.2, 0.25) is 0 Å². The molecule has 0 atom stereocenters. The molecule has 2 aromatic carbocycles. The van der Waals surface area contributed by atoms with Crippen LogP contribution in [0.25, 0.3) is 10.9 Å². The Morgan fingerprint density at radius 3 is 2.62 bits per heavy atom. The molecule has 2 heterocycles. The van der Waals surface area contributed by atoms with Crippen molar-refractivity contribution in [1.82, 2.24) is 14.8 Å². The molecule has 0 spiro atoms. The summed E-state index contributed by atoms with van der Waals surface area (Å²) in [6.07, 6.45) is -2.17. The van der Waals surface area contributed by atoms with Gasteiger partial charge in [-0.15, -0.1) is 0 Å². The first kappa shape index (κ1) is 21.6. The van der Waals surface area contributed by atoms with Gasteiger partial charge in [-0.3, -0.25) is 14.5 Å². The fourth-order valence-electron chi connectivity index (χ4n) is 3.78. The number of rotatable bonds is 6. The number of carbonyl (C=O) groups is 1. The van der Waals surface area contributed by atoms with Crippen molar-refractivity contribution in [2.75, 3.05) is 5.32 Å². The average molecular weight is 436 g/mol. The van der Waals surface area contributed by atoms with Gasteiger partial charge in [0.2, 0.25) is 0 Å². The number of para-hydroxylation sites is 1. The number of anilines is 1. The standard InChI is InChI=1S/C24H22F2N4O2/c1-14-9-17(13-31)19-8-4-6-16(22(19)27-14)10-15-5-3-7-18(11-15)28-24(32)21-12-20(23(25)26)29-30(21)2/h3-9,11-12,23,31H,10,13H2,1-2H3,(H,28,32). The predicted octanol–water partition coefficient (Wildman–Crippen LogP) is 4.55. The molecule has 32 heavy (non-hydrogen) atoms. The molecule has 0 saturated heterocycles. The van der Waals surface area contributed by atoms with Gasteiger partial charge in [-0.25, -0.2) is 8.78 Å². The van der Waals surface area contributed by atoms with Crippen molar-refractivity contribution in [1.29, 1.82) is 0 Å². The molecule has 0 bridgehead atoms. The zero-order valence-corrected chi connectivity index (χ0v) is 17.6. The van der Waals surface area contributed by atoms with Crippen LogP contribution in [-0.2, 0) is 20.1 Å². The number of carbonyl (C=O) groups excluding carboxylic acids is 1. The van der Waals surface area contributed by atoms with Gasteiger partial charge in [0.05, 0.1) is 12.1 Å². The minimum atomic E-state index is -2.74. The fraction of sp³-hybridized carbons (Fsp3) is 0.208. The normalized spacial score (nSPS) is 11.3. The number of halogens is 2. The van der Waals surface area contributed by atoms with Gasteiger partial charge in [0.15, 0.2) is 0 Å². The van der Waals surface area contributed by atoms with Crippen LogP contribution in [0.4, 0.5) is 14.5 Å². The highest BCUT2D eigenvalue weighted by Gasteiger charge is 2.18. The maximum absolute atomic E-state index is 12.9. The topological polar surface area (TPSA) is 80.0 Å². The summed E-state index contributed by atoms with van der Waals surface area (Å²) in [5.74, 6) is -0.515. The van der Waals surface area contributed by atoms with E-state index in [1.54, 1.807) is 6.07 Å². The van der Waals surface area contributed by atoms with Gasteiger partial charge in [0, 0.05) is 23.8 Å². The first-order valence-corrected chi connectivity index (χ1v) is 10.1. The Bertz CT molecular complexity index is 1300. The van der Waals surface area contributed by atoms with Crippen molar-refractivity contribution in [3.8, 4) is 0 Å². The maximum atomic E-state index is 12.9. The number of pyridine rings is 1. The Morgan fingerprint density at radius 2 is 1.91 bits per heavy atom. The quantitative estimate of drug-likeness (QED) is 0.465. The Morgan fingerprint density at radius 1 is 1.12 bits per heavy atom. The monoisotopic (exact) mass is 436 g/mol. The van der Waals surface area contributed by atoms with Crippen LogP contribution in [0.15, 0.2) is 54.6 Å². The number of nitrogens with one attached hydrogen (secondary N) is 1. The lowest BCUT2D eigenvalue weighted by Gasteiger charge is -2.11. The van der Waals surface area contributed by atoms with Gasteiger partial charge in [0.25, 0.3) is 12.3 Å². The van der Waals surface area contributed by atoms with Crippen molar-refractivity contribution < 1.29 is 18.7 Å². The van der Waals surface area contributed by atoms with E-state index in [0.29, 0.717) is 12.1 Å². The molecule has 0 radical (unpaired) electrons. The summed E-state index contributed by atoms with van der Waals surface area (Å²) in [5.41, 5.74) is 4.60. The molecule has 0 fully saturated rings. The third kappa shape index (κ3) is 4.36. The number of aryl methyl sites for hydroxylation is 2. The summed E-state index contributed by atoms with van der Waals surface area (Å²) in [6, 6.07) is 16.2. The predicted molar refractivity (Wildman–Crippen MR) is 118 cm³/mol.